The maximum absolute atomic E-state index is 12.4. The number of nitrogens with zero attached hydrogens (tertiary/aromatic N) is 1. The molecule has 14 heteroatoms. The van der Waals surface area contributed by atoms with Crippen molar-refractivity contribution in [3.8, 4) is 6.07 Å². The number of ether oxygens (including phenoxy) is 1. The van der Waals surface area contributed by atoms with E-state index in [-0.39, 0.29) is 25.2 Å². The minimum atomic E-state index is -4.55. The third kappa shape index (κ3) is 12.8. The SMILES string of the molecule is CCO[Si](CCCNC(=O)CCC(C)(C#N)CC(C)(CO)C(=O)OCS(=O)(=O)O)(OCC)OCC. The number of hydrogen-bond acceptors (Lipinski definition) is 10. The largest absolute Gasteiger partial charge is 0.500 e. The lowest BCUT2D eigenvalue weighted by Crippen LogP contribution is -2.46. The van der Waals surface area contributed by atoms with E-state index in [1.165, 1.54) is 13.8 Å². The highest BCUT2D eigenvalue weighted by Crippen LogP contribution is 2.38. The van der Waals surface area contributed by atoms with Gasteiger partial charge in [0.05, 0.1) is 23.5 Å². The Morgan fingerprint density at radius 1 is 1.09 bits per heavy atom. The first-order valence-electron chi connectivity index (χ1n) is 11.6. The molecule has 12 nitrogen and oxygen atoms in total. The highest BCUT2D eigenvalue weighted by Gasteiger charge is 2.43. The van der Waals surface area contributed by atoms with Gasteiger partial charge in [0.1, 0.15) is 0 Å². The Morgan fingerprint density at radius 2 is 1.63 bits per heavy atom. The number of nitriles is 1. The maximum atomic E-state index is 12.4. The molecule has 2 unspecified atom stereocenters. The molecule has 0 bridgehead atoms. The molecular weight excluding hydrogens is 500 g/mol. The lowest BCUT2D eigenvalue weighted by atomic mass is 9.71. The third-order valence-electron chi connectivity index (χ3n) is 5.21. The average molecular weight is 541 g/mol. The first kappa shape index (κ1) is 33.4. The number of hydrogen-bond donors (Lipinski definition) is 3. The van der Waals surface area contributed by atoms with Gasteiger partial charge in [-0.1, -0.05) is 0 Å². The van der Waals surface area contributed by atoms with Gasteiger partial charge in [0.15, 0.2) is 0 Å². The summed E-state index contributed by atoms with van der Waals surface area (Å²) in [6.07, 6.45) is 0.480. The van der Waals surface area contributed by atoms with Crippen LogP contribution in [-0.2, 0) is 37.7 Å². The van der Waals surface area contributed by atoms with Gasteiger partial charge in [-0.2, -0.15) is 13.7 Å². The van der Waals surface area contributed by atoms with E-state index < -0.39 is 48.3 Å². The summed E-state index contributed by atoms with van der Waals surface area (Å²) in [5.41, 5.74) is -2.79. The smallest absolute Gasteiger partial charge is 0.446 e. The van der Waals surface area contributed by atoms with Crippen LogP contribution in [0.5, 0.6) is 0 Å². The van der Waals surface area contributed by atoms with Gasteiger partial charge >= 0.3 is 24.9 Å². The molecular formula is C21H40N2O10SSi. The van der Waals surface area contributed by atoms with Gasteiger partial charge in [-0.15, -0.1) is 0 Å². The topological polar surface area (TPSA) is 181 Å². The van der Waals surface area contributed by atoms with Crippen molar-refractivity contribution in [1.82, 2.24) is 5.32 Å². The van der Waals surface area contributed by atoms with E-state index in [9.17, 15) is 28.4 Å². The minimum absolute atomic E-state index is 0.00339. The van der Waals surface area contributed by atoms with Gasteiger partial charge in [-0.05, 0) is 53.9 Å². The third-order valence-corrected chi connectivity index (χ3v) is 8.78. The molecule has 0 aliphatic heterocycles. The van der Waals surface area contributed by atoms with Crippen molar-refractivity contribution in [2.24, 2.45) is 10.8 Å². The first-order chi connectivity index (χ1) is 16.2. The van der Waals surface area contributed by atoms with Gasteiger partial charge in [0.25, 0.3) is 0 Å². The molecule has 0 saturated carbocycles. The van der Waals surface area contributed by atoms with Crippen LogP contribution < -0.4 is 5.32 Å². The van der Waals surface area contributed by atoms with Gasteiger partial charge < -0.3 is 28.4 Å². The highest BCUT2D eigenvalue weighted by molar-refractivity contribution is 7.85. The van der Waals surface area contributed by atoms with Crippen LogP contribution in [0.3, 0.4) is 0 Å². The molecule has 0 aromatic rings. The molecule has 0 aromatic heterocycles. The summed E-state index contributed by atoms with van der Waals surface area (Å²) in [5, 5.41) is 22.2. The maximum Gasteiger partial charge on any atom is 0.500 e. The van der Waals surface area contributed by atoms with Crippen molar-refractivity contribution in [3.05, 3.63) is 0 Å². The van der Waals surface area contributed by atoms with Crippen molar-refractivity contribution >= 4 is 30.8 Å². The fourth-order valence-electron chi connectivity index (χ4n) is 3.55. The van der Waals surface area contributed by atoms with Crippen LogP contribution in [0.15, 0.2) is 0 Å². The molecule has 3 N–H and O–H groups in total. The Bertz CT molecular complexity index is 802. The first-order valence-corrected chi connectivity index (χ1v) is 15.1. The second-order valence-corrected chi connectivity index (χ2v) is 12.8. The fraction of sp³-hybridized carbons (Fsp3) is 0.857. The quantitative estimate of drug-likeness (QED) is 0.0937. The molecule has 0 saturated heterocycles. The van der Waals surface area contributed by atoms with E-state index in [4.69, 9.17) is 17.8 Å². The van der Waals surface area contributed by atoms with Crippen molar-refractivity contribution in [2.45, 2.75) is 66.3 Å². The van der Waals surface area contributed by atoms with Crippen molar-refractivity contribution in [1.29, 1.82) is 5.26 Å². The van der Waals surface area contributed by atoms with Crippen LogP contribution in [0.25, 0.3) is 0 Å². The van der Waals surface area contributed by atoms with E-state index in [0.717, 1.165) is 0 Å². The Morgan fingerprint density at radius 3 is 2.06 bits per heavy atom. The summed E-state index contributed by atoms with van der Waals surface area (Å²) in [4.78, 5) is 24.6. The van der Waals surface area contributed by atoms with E-state index in [1.807, 2.05) is 20.8 Å². The Labute approximate surface area is 209 Å². The average Bonchev–Trinajstić information content (AvgIpc) is 2.79. The number of nitrogens with one attached hydrogen (secondary N) is 1. The molecule has 0 spiro atoms. The minimum Gasteiger partial charge on any atom is -0.446 e. The van der Waals surface area contributed by atoms with Crippen LogP contribution in [0.2, 0.25) is 6.04 Å². The molecule has 2 atom stereocenters. The summed E-state index contributed by atoms with van der Waals surface area (Å²) >= 11 is 0. The van der Waals surface area contributed by atoms with E-state index in [2.05, 4.69) is 16.1 Å². The molecule has 0 aliphatic carbocycles. The zero-order chi connectivity index (χ0) is 27.2. The molecule has 0 radical (unpaired) electrons. The Balaban J connectivity index is 4.87. The molecule has 0 rings (SSSR count). The molecule has 0 fully saturated rings. The lowest BCUT2D eigenvalue weighted by Gasteiger charge is -2.32. The number of aliphatic hydroxyl groups is 1. The summed E-state index contributed by atoms with van der Waals surface area (Å²) in [6.45, 7) is 9.48. The lowest BCUT2D eigenvalue weighted by molar-refractivity contribution is -0.157. The van der Waals surface area contributed by atoms with Gasteiger partial charge in [-0.3, -0.25) is 14.1 Å². The van der Waals surface area contributed by atoms with Gasteiger partial charge in [0.2, 0.25) is 11.8 Å². The number of carbonyl (C=O) groups excluding carboxylic acids is 2. The van der Waals surface area contributed by atoms with Gasteiger partial charge in [0, 0.05) is 38.8 Å². The van der Waals surface area contributed by atoms with E-state index >= 15 is 0 Å². The van der Waals surface area contributed by atoms with Crippen molar-refractivity contribution in [3.63, 3.8) is 0 Å². The zero-order valence-electron chi connectivity index (χ0n) is 21.3. The molecule has 1 amide bonds. The normalized spacial score (nSPS) is 15.5. The molecule has 0 aromatic carbocycles. The van der Waals surface area contributed by atoms with Crippen LogP contribution in [0, 0.1) is 22.2 Å². The number of esters is 1. The summed E-state index contributed by atoms with van der Waals surface area (Å²) in [7, 11) is -7.35. The van der Waals surface area contributed by atoms with Crippen LogP contribution in [0.4, 0.5) is 0 Å². The summed E-state index contributed by atoms with van der Waals surface area (Å²) in [6, 6.07) is 2.61. The Kier molecular flexibility index (Phi) is 14.8. The molecule has 0 aliphatic rings. The fourth-order valence-corrected chi connectivity index (χ4v) is 6.42. The van der Waals surface area contributed by atoms with Crippen LogP contribution in [0.1, 0.15) is 60.3 Å². The number of aliphatic hydroxyl groups excluding tert-OH is 1. The monoisotopic (exact) mass is 540 g/mol. The molecule has 0 heterocycles. The predicted octanol–water partition coefficient (Wildman–Crippen LogP) is 1.63. The second-order valence-electron chi connectivity index (χ2n) is 8.64. The zero-order valence-corrected chi connectivity index (χ0v) is 23.1. The van der Waals surface area contributed by atoms with E-state index in [1.54, 1.807) is 0 Å². The summed E-state index contributed by atoms with van der Waals surface area (Å²) < 4.78 is 52.3. The standard InChI is InChI=1S/C21H40N2O10SSi/c1-6-31-35(32-7-2,33-8-3)13-9-12-23-18(25)10-11-20(4,15-22)14-21(5,16-24)19(26)30-17-34(27,28)29/h24H,6-14,16-17H2,1-5H3,(H,23,25)(H,27,28,29). The van der Waals surface area contributed by atoms with Crippen molar-refractivity contribution < 1.29 is 45.7 Å². The second kappa shape index (κ2) is 15.5. The Hall–Kier alpha value is -1.60. The molecule has 204 valence electrons. The highest BCUT2D eigenvalue weighted by atomic mass is 32.2. The van der Waals surface area contributed by atoms with Crippen LogP contribution in [-0.4, -0.2) is 77.7 Å². The molecule has 35 heavy (non-hydrogen) atoms. The predicted molar refractivity (Wildman–Crippen MR) is 128 cm³/mol. The van der Waals surface area contributed by atoms with Crippen LogP contribution >= 0.6 is 0 Å². The number of rotatable bonds is 19. The summed E-state index contributed by atoms with van der Waals surface area (Å²) in [5.74, 6) is -2.62. The van der Waals surface area contributed by atoms with Crippen molar-refractivity contribution in [2.75, 3.05) is 38.9 Å². The number of carbonyl (C=O) groups is 2. The number of amides is 1. The van der Waals surface area contributed by atoms with E-state index in [0.29, 0.717) is 38.8 Å². The van der Waals surface area contributed by atoms with Gasteiger partial charge in [-0.25, -0.2) is 0 Å².